The number of carbonyl (C=O) groups excluding carboxylic acids is 2. The van der Waals surface area contributed by atoms with Crippen molar-refractivity contribution in [1.29, 1.82) is 0 Å². The van der Waals surface area contributed by atoms with E-state index < -0.39 is 17.7 Å². The predicted molar refractivity (Wildman–Crippen MR) is 112 cm³/mol. The summed E-state index contributed by atoms with van der Waals surface area (Å²) >= 11 is 6.12. The number of ether oxygens (including phenoxy) is 4. The van der Waals surface area contributed by atoms with Crippen molar-refractivity contribution in [2.45, 2.75) is 13.0 Å². The van der Waals surface area contributed by atoms with E-state index >= 15 is 0 Å². The molecule has 0 aliphatic heterocycles. The molecule has 9 nitrogen and oxygen atoms in total. The normalized spacial score (nSPS) is 11.7. The van der Waals surface area contributed by atoms with E-state index in [0.29, 0.717) is 28.7 Å². The first-order chi connectivity index (χ1) is 14.4. The number of nitrogens with zero attached hydrogens (tertiary/aromatic N) is 2. The highest BCUT2D eigenvalue weighted by atomic mass is 35.5. The number of anilines is 1. The molecule has 0 fully saturated rings. The second-order valence-corrected chi connectivity index (χ2v) is 6.32. The van der Waals surface area contributed by atoms with Crippen molar-refractivity contribution in [2.24, 2.45) is 10.2 Å². The van der Waals surface area contributed by atoms with E-state index in [9.17, 15) is 9.59 Å². The Hall–Kier alpha value is -3.33. The Bertz CT molecular complexity index is 964. The highest BCUT2D eigenvalue weighted by molar-refractivity contribution is 6.32. The Labute approximate surface area is 178 Å². The van der Waals surface area contributed by atoms with Crippen LogP contribution in [0.4, 0.5) is 11.4 Å². The van der Waals surface area contributed by atoms with Gasteiger partial charge in [-0.1, -0.05) is 17.7 Å². The lowest BCUT2D eigenvalue weighted by molar-refractivity contribution is -0.126. The number of methoxy groups -OCH3 is 4. The summed E-state index contributed by atoms with van der Waals surface area (Å²) in [5.74, 6) is 0.243. The van der Waals surface area contributed by atoms with Gasteiger partial charge in [0.15, 0.2) is 17.3 Å². The number of azo groups is 1. The Morgan fingerprint density at radius 1 is 0.967 bits per heavy atom. The molecule has 1 atom stereocenters. The fourth-order valence-corrected chi connectivity index (χ4v) is 2.79. The summed E-state index contributed by atoms with van der Waals surface area (Å²) < 4.78 is 20.9. The monoisotopic (exact) mass is 435 g/mol. The van der Waals surface area contributed by atoms with Gasteiger partial charge in [-0.3, -0.25) is 9.59 Å². The van der Waals surface area contributed by atoms with Crippen molar-refractivity contribution in [3.63, 3.8) is 0 Å². The lowest BCUT2D eigenvalue weighted by Gasteiger charge is -2.15. The highest BCUT2D eigenvalue weighted by Gasteiger charge is 2.25. The van der Waals surface area contributed by atoms with Crippen LogP contribution in [0.15, 0.2) is 40.6 Å². The molecule has 1 N–H and O–H groups in total. The Kier molecular flexibility index (Phi) is 7.99. The number of hydrogen-bond acceptors (Lipinski definition) is 8. The van der Waals surface area contributed by atoms with Crippen LogP contribution in [-0.4, -0.2) is 46.2 Å². The largest absolute Gasteiger partial charge is 0.495 e. The van der Waals surface area contributed by atoms with Gasteiger partial charge in [-0.2, -0.15) is 10.2 Å². The number of hydrogen-bond donors (Lipinski definition) is 1. The number of carbonyl (C=O) groups is 2. The van der Waals surface area contributed by atoms with Crippen LogP contribution in [0.5, 0.6) is 23.0 Å². The topological polar surface area (TPSA) is 108 Å². The molecule has 2 aromatic rings. The van der Waals surface area contributed by atoms with Gasteiger partial charge >= 0.3 is 0 Å². The summed E-state index contributed by atoms with van der Waals surface area (Å²) in [4.78, 5) is 24.8. The van der Waals surface area contributed by atoms with Gasteiger partial charge in [0, 0.05) is 6.07 Å². The molecule has 1 amide bonds. The van der Waals surface area contributed by atoms with Gasteiger partial charge in [-0.25, -0.2) is 0 Å². The molecule has 0 saturated carbocycles. The molecule has 0 spiro atoms. The molecule has 2 aromatic carbocycles. The molecule has 0 aliphatic carbocycles. The van der Waals surface area contributed by atoms with E-state index in [2.05, 4.69) is 15.5 Å². The molecule has 10 heteroatoms. The first-order valence-electron chi connectivity index (χ1n) is 8.70. The van der Waals surface area contributed by atoms with E-state index in [1.165, 1.54) is 47.5 Å². The van der Waals surface area contributed by atoms with Gasteiger partial charge in [0.1, 0.15) is 17.2 Å². The zero-order chi connectivity index (χ0) is 22.3. The summed E-state index contributed by atoms with van der Waals surface area (Å²) in [6, 6.07) is 6.56. The number of ketones is 1. The summed E-state index contributed by atoms with van der Waals surface area (Å²) in [7, 11) is 5.82. The lowest BCUT2D eigenvalue weighted by Crippen LogP contribution is -2.32. The van der Waals surface area contributed by atoms with E-state index in [1.807, 2.05) is 0 Å². The van der Waals surface area contributed by atoms with Crippen LogP contribution in [-0.2, 0) is 9.59 Å². The number of para-hydroxylation sites is 1. The number of halogens is 1. The molecule has 30 heavy (non-hydrogen) atoms. The lowest BCUT2D eigenvalue weighted by atomic mass is 10.2. The molecule has 0 aliphatic rings. The predicted octanol–water partition coefficient (Wildman–Crippen LogP) is 4.05. The molecule has 0 bridgehead atoms. The van der Waals surface area contributed by atoms with Crippen LogP contribution < -0.4 is 24.3 Å². The zero-order valence-electron chi connectivity index (χ0n) is 17.2. The average molecular weight is 436 g/mol. The van der Waals surface area contributed by atoms with Crippen molar-refractivity contribution in [3.05, 3.63) is 35.4 Å². The molecule has 0 heterocycles. The minimum atomic E-state index is -1.40. The van der Waals surface area contributed by atoms with E-state index in [0.717, 1.165) is 0 Å². The first-order valence-corrected chi connectivity index (χ1v) is 9.08. The average Bonchev–Trinajstić information content (AvgIpc) is 2.73. The van der Waals surface area contributed by atoms with Crippen molar-refractivity contribution >= 4 is 34.7 Å². The van der Waals surface area contributed by atoms with Crippen LogP contribution >= 0.6 is 11.6 Å². The smallest absolute Gasteiger partial charge is 0.258 e. The van der Waals surface area contributed by atoms with E-state index in [4.69, 9.17) is 30.5 Å². The summed E-state index contributed by atoms with van der Waals surface area (Å²) in [5.41, 5.74) is 0.565. The van der Waals surface area contributed by atoms with Crippen LogP contribution in [0.1, 0.15) is 6.92 Å². The van der Waals surface area contributed by atoms with Crippen molar-refractivity contribution in [3.8, 4) is 23.0 Å². The molecule has 0 radical (unpaired) electrons. The number of rotatable bonds is 9. The van der Waals surface area contributed by atoms with Gasteiger partial charge in [0.2, 0.25) is 6.04 Å². The number of amides is 1. The number of Topliss-reactive ketones (excluding diaryl/α,β-unsaturated/α-hetero) is 1. The molecule has 0 saturated heterocycles. The van der Waals surface area contributed by atoms with Crippen molar-refractivity contribution in [2.75, 3.05) is 33.8 Å². The minimum absolute atomic E-state index is 0.258. The van der Waals surface area contributed by atoms with E-state index in [1.54, 1.807) is 18.2 Å². The van der Waals surface area contributed by atoms with Crippen LogP contribution in [0.25, 0.3) is 0 Å². The second kappa shape index (κ2) is 10.4. The number of nitrogens with one attached hydrogen (secondary N) is 1. The van der Waals surface area contributed by atoms with Gasteiger partial charge in [-0.15, -0.1) is 0 Å². The van der Waals surface area contributed by atoms with E-state index in [-0.39, 0.29) is 10.7 Å². The van der Waals surface area contributed by atoms with Crippen LogP contribution in [0.2, 0.25) is 5.02 Å². The third-order valence-corrected chi connectivity index (χ3v) is 4.32. The van der Waals surface area contributed by atoms with Crippen molar-refractivity contribution in [1.82, 2.24) is 0 Å². The SMILES string of the molecule is COc1cc(OC)c(NC(=O)C(N=Nc2cccc(OC)c2OC)C(C)=O)cc1Cl. The maximum Gasteiger partial charge on any atom is 0.258 e. The third-order valence-electron chi connectivity index (χ3n) is 4.03. The fraction of sp³-hybridized carbons (Fsp3) is 0.300. The first kappa shape index (κ1) is 23.0. The third kappa shape index (κ3) is 5.18. The van der Waals surface area contributed by atoms with Gasteiger partial charge in [-0.05, 0) is 25.1 Å². The highest BCUT2D eigenvalue weighted by Crippen LogP contribution is 2.38. The quantitative estimate of drug-likeness (QED) is 0.470. The molecule has 1 unspecified atom stereocenters. The van der Waals surface area contributed by atoms with Gasteiger partial charge < -0.3 is 24.3 Å². The summed E-state index contributed by atoms with van der Waals surface area (Å²) in [5, 5.41) is 10.8. The Morgan fingerprint density at radius 2 is 1.63 bits per heavy atom. The van der Waals surface area contributed by atoms with Gasteiger partial charge in [0.05, 0.1) is 39.1 Å². The Morgan fingerprint density at radius 3 is 2.20 bits per heavy atom. The zero-order valence-corrected chi connectivity index (χ0v) is 17.9. The maximum atomic E-state index is 12.7. The van der Waals surface area contributed by atoms with Crippen LogP contribution in [0.3, 0.4) is 0 Å². The number of benzene rings is 2. The van der Waals surface area contributed by atoms with Gasteiger partial charge in [0.25, 0.3) is 5.91 Å². The van der Waals surface area contributed by atoms with Crippen LogP contribution in [0, 0.1) is 0 Å². The molecular weight excluding hydrogens is 414 g/mol. The second-order valence-electron chi connectivity index (χ2n) is 5.92. The standard InChI is InChI=1S/C20H22ClN3O6/c1-11(25)18(24-23-13-7-6-8-15(27-2)19(13)30-5)20(26)22-14-9-12(21)16(28-3)10-17(14)29-4/h6-10,18H,1-5H3,(H,22,26). The maximum absolute atomic E-state index is 12.7. The van der Waals surface area contributed by atoms with Crippen molar-refractivity contribution < 1.29 is 28.5 Å². The summed E-state index contributed by atoms with van der Waals surface area (Å²) in [6.07, 6.45) is 0. The molecular formula is C20H22ClN3O6. The molecule has 0 aromatic heterocycles. The minimum Gasteiger partial charge on any atom is -0.495 e. The molecule has 160 valence electrons. The Balaban J connectivity index is 2.32. The fourth-order valence-electron chi connectivity index (χ4n) is 2.55. The summed E-state index contributed by atoms with van der Waals surface area (Å²) in [6.45, 7) is 1.24. The molecule has 2 rings (SSSR count).